The van der Waals surface area contributed by atoms with Crippen LogP contribution in [-0.2, 0) is 16.0 Å². The second kappa shape index (κ2) is 10.7. The largest absolute Gasteiger partial charge is 0.494 e. The Hall–Kier alpha value is -1.59. The molecule has 3 rings (SSSR count). The maximum absolute atomic E-state index is 12.4. The van der Waals surface area contributed by atoms with Crippen molar-refractivity contribution in [3.8, 4) is 5.75 Å². The van der Waals surface area contributed by atoms with Gasteiger partial charge in [-0.25, -0.2) is 0 Å². The molecule has 0 aliphatic carbocycles. The van der Waals surface area contributed by atoms with Crippen LogP contribution in [0.15, 0.2) is 24.3 Å². The van der Waals surface area contributed by atoms with E-state index in [4.69, 9.17) is 9.47 Å². The monoisotopic (exact) mass is 374 g/mol. The first kappa shape index (κ1) is 20.2. The summed E-state index contributed by atoms with van der Waals surface area (Å²) in [4.78, 5) is 14.4. The van der Waals surface area contributed by atoms with Crippen LogP contribution in [0.3, 0.4) is 0 Å². The zero-order valence-corrected chi connectivity index (χ0v) is 16.6. The summed E-state index contributed by atoms with van der Waals surface area (Å²) in [5.41, 5.74) is 1.37. The highest BCUT2D eigenvalue weighted by Gasteiger charge is 2.23. The van der Waals surface area contributed by atoms with Gasteiger partial charge in [0.2, 0.25) is 5.91 Å². The fourth-order valence-corrected chi connectivity index (χ4v) is 4.02. The first-order chi connectivity index (χ1) is 13.2. The standard InChI is InChI=1S/C22H34N2O3/c1-2-26-20-9-7-18(8-10-20)5-6-19-11-13-24(14-12-19)22(25)17-23-16-21-4-3-15-27-21/h7-10,19,21,23H,2-6,11-17H2,1H3. The van der Waals surface area contributed by atoms with E-state index in [-0.39, 0.29) is 5.91 Å². The number of nitrogens with one attached hydrogen (secondary N) is 1. The Morgan fingerprint density at radius 3 is 2.67 bits per heavy atom. The number of nitrogens with zero attached hydrogens (tertiary/aromatic N) is 1. The van der Waals surface area contributed by atoms with Crippen molar-refractivity contribution in [2.24, 2.45) is 5.92 Å². The van der Waals surface area contributed by atoms with E-state index >= 15 is 0 Å². The molecule has 1 amide bonds. The molecule has 1 atom stereocenters. The Morgan fingerprint density at radius 2 is 2.00 bits per heavy atom. The van der Waals surface area contributed by atoms with E-state index < -0.39 is 0 Å². The van der Waals surface area contributed by atoms with Crippen molar-refractivity contribution in [3.63, 3.8) is 0 Å². The number of hydrogen-bond donors (Lipinski definition) is 1. The van der Waals surface area contributed by atoms with E-state index in [0.717, 1.165) is 70.0 Å². The molecule has 1 aromatic rings. The Bertz CT molecular complexity index is 561. The van der Waals surface area contributed by atoms with Gasteiger partial charge in [0.05, 0.1) is 19.3 Å². The molecule has 27 heavy (non-hydrogen) atoms. The molecule has 0 aromatic heterocycles. The number of carbonyl (C=O) groups excluding carboxylic acids is 1. The Morgan fingerprint density at radius 1 is 1.22 bits per heavy atom. The summed E-state index contributed by atoms with van der Waals surface area (Å²) < 4.78 is 11.1. The fraction of sp³-hybridized carbons (Fsp3) is 0.682. The molecule has 0 saturated carbocycles. The normalized spacial score (nSPS) is 20.8. The highest BCUT2D eigenvalue weighted by atomic mass is 16.5. The molecule has 5 heteroatoms. The van der Waals surface area contributed by atoms with Gasteiger partial charge in [0.25, 0.3) is 0 Å². The third kappa shape index (κ3) is 6.51. The van der Waals surface area contributed by atoms with Gasteiger partial charge in [0.15, 0.2) is 0 Å². The van der Waals surface area contributed by atoms with E-state index in [1.807, 2.05) is 11.8 Å². The summed E-state index contributed by atoms with van der Waals surface area (Å²) in [5.74, 6) is 1.90. The van der Waals surface area contributed by atoms with Crippen LogP contribution in [-0.4, -0.2) is 56.3 Å². The van der Waals surface area contributed by atoms with Gasteiger partial charge in [-0.15, -0.1) is 0 Å². The minimum atomic E-state index is 0.234. The molecule has 150 valence electrons. The summed E-state index contributed by atoms with van der Waals surface area (Å²) in [7, 11) is 0. The highest BCUT2D eigenvalue weighted by Crippen LogP contribution is 2.23. The predicted molar refractivity (Wildman–Crippen MR) is 107 cm³/mol. The molecular formula is C22H34N2O3. The van der Waals surface area contributed by atoms with Crippen LogP contribution < -0.4 is 10.1 Å². The number of amides is 1. The number of rotatable bonds is 9. The number of likely N-dealkylation sites (tertiary alicyclic amines) is 1. The van der Waals surface area contributed by atoms with E-state index in [0.29, 0.717) is 19.3 Å². The third-order valence-electron chi connectivity index (χ3n) is 5.72. The number of carbonyl (C=O) groups is 1. The van der Waals surface area contributed by atoms with Crippen molar-refractivity contribution in [2.45, 2.75) is 51.6 Å². The second-order valence-electron chi connectivity index (χ2n) is 7.71. The van der Waals surface area contributed by atoms with Crippen molar-refractivity contribution >= 4 is 5.91 Å². The number of benzene rings is 1. The molecule has 2 aliphatic rings. The number of aryl methyl sites for hydroxylation is 1. The summed E-state index contributed by atoms with van der Waals surface area (Å²) in [5, 5.41) is 3.27. The average molecular weight is 375 g/mol. The fourth-order valence-electron chi connectivity index (χ4n) is 4.02. The highest BCUT2D eigenvalue weighted by molar-refractivity contribution is 5.78. The molecule has 2 fully saturated rings. The second-order valence-corrected chi connectivity index (χ2v) is 7.71. The zero-order chi connectivity index (χ0) is 18.9. The first-order valence-corrected chi connectivity index (χ1v) is 10.6. The molecular weight excluding hydrogens is 340 g/mol. The van der Waals surface area contributed by atoms with E-state index in [1.165, 1.54) is 12.0 Å². The van der Waals surface area contributed by atoms with Crippen molar-refractivity contribution in [3.05, 3.63) is 29.8 Å². The minimum absolute atomic E-state index is 0.234. The lowest BCUT2D eigenvalue weighted by Crippen LogP contribution is -2.44. The van der Waals surface area contributed by atoms with Gasteiger partial charge < -0.3 is 19.7 Å². The Balaban J connectivity index is 1.30. The van der Waals surface area contributed by atoms with Crippen molar-refractivity contribution in [1.29, 1.82) is 0 Å². The molecule has 0 radical (unpaired) electrons. The van der Waals surface area contributed by atoms with Gasteiger partial charge in [-0.1, -0.05) is 12.1 Å². The molecule has 2 aliphatic heterocycles. The van der Waals surface area contributed by atoms with Crippen molar-refractivity contribution < 1.29 is 14.3 Å². The molecule has 0 spiro atoms. The summed E-state index contributed by atoms with van der Waals surface area (Å²) in [6.45, 7) is 6.61. The molecule has 1 N–H and O–H groups in total. The van der Waals surface area contributed by atoms with Crippen LogP contribution in [0, 0.1) is 5.92 Å². The summed E-state index contributed by atoms with van der Waals surface area (Å²) in [6, 6.07) is 8.46. The average Bonchev–Trinajstić information content (AvgIpc) is 3.21. The van der Waals surface area contributed by atoms with Crippen LogP contribution in [0.1, 0.15) is 44.6 Å². The smallest absolute Gasteiger partial charge is 0.236 e. The van der Waals surface area contributed by atoms with Gasteiger partial charge in [-0.2, -0.15) is 0 Å². The number of ether oxygens (including phenoxy) is 2. The molecule has 5 nitrogen and oxygen atoms in total. The van der Waals surface area contributed by atoms with E-state index in [9.17, 15) is 4.79 Å². The number of piperidine rings is 1. The predicted octanol–water partition coefficient (Wildman–Crippen LogP) is 3.03. The van der Waals surface area contributed by atoms with Crippen LogP contribution in [0.2, 0.25) is 0 Å². The van der Waals surface area contributed by atoms with Gasteiger partial charge in [-0.05, 0) is 69.1 Å². The van der Waals surface area contributed by atoms with E-state index in [2.05, 4.69) is 29.6 Å². The van der Waals surface area contributed by atoms with Gasteiger partial charge in [0, 0.05) is 26.2 Å². The minimum Gasteiger partial charge on any atom is -0.494 e. The molecule has 1 aromatic carbocycles. The maximum Gasteiger partial charge on any atom is 0.236 e. The van der Waals surface area contributed by atoms with Gasteiger partial charge in [0.1, 0.15) is 5.75 Å². The lowest BCUT2D eigenvalue weighted by atomic mass is 9.90. The lowest BCUT2D eigenvalue weighted by molar-refractivity contribution is -0.131. The molecule has 0 bridgehead atoms. The van der Waals surface area contributed by atoms with Gasteiger partial charge in [-0.3, -0.25) is 4.79 Å². The topological polar surface area (TPSA) is 50.8 Å². The van der Waals surface area contributed by atoms with Crippen molar-refractivity contribution in [1.82, 2.24) is 10.2 Å². The lowest BCUT2D eigenvalue weighted by Gasteiger charge is -2.32. The van der Waals surface area contributed by atoms with Crippen molar-refractivity contribution in [2.75, 3.05) is 39.4 Å². The SMILES string of the molecule is CCOc1ccc(CCC2CCN(C(=O)CNCC3CCCO3)CC2)cc1. The van der Waals surface area contributed by atoms with Crippen LogP contribution >= 0.6 is 0 Å². The molecule has 1 unspecified atom stereocenters. The quantitative estimate of drug-likeness (QED) is 0.722. The Kier molecular flexibility index (Phi) is 7.96. The first-order valence-electron chi connectivity index (χ1n) is 10.6. The maximum atomic E-state index is 12.4. The zero-order valence-electron chi connectivity index (χ0n) is 16.6. The Labute approximate surface area is 163 Å². The molecule has 2 saturated heterocycles. The van der Waals surface area contributed by atoms with E-state index in [1.54, 1.807) is 0 Å². The third-order valence-corrected chi connectivity index (χ3v) is 5.72. The molecule has 2 heterocycles. The van der Waals surface area contributed by atoms with Crippen LogP contribution in [0.4, 0.5) is 0 Å². The van der Waals surface area contributed by atoms with Crippen LogP contribution in [0.5, 0.6) is 5.75 Å². The summed E-state index contributed by atoms with van der Waals surface area (Å²) >= 11 is 0. The van der Waals surface area contributed by atoms with Crippen LogP contribution in [0.25, 0.3) is 0 Å². The summed E-state index contributed by atoms with van der Waals surface area (Å²) in [6.07, 6.45) is 7.10. The number of hydrogen-bond acceptors (Lipinski definition) is 4. The van der Waals surface area contributed by atoms with Gasteiger partial charge >= 0.3 is 0 Å².